The smallest absolute Gasteiger partial charge is 0.247 e. The third-order valence-electron chi connectivity index (χ3n) is 4.76. The minimum atomic E-state index is -2.92. The molecular weight excluding hydrogens is 314 g/mol. The Labute approximate surface area is 138 Å². The van der Waals surface area contributed by atoms with E-state index >= 15 is 0 Å². The van der Waals surface area contributed by atoms with Crippen molar-refractivity contribution in [2.75, 3.05) is 40.9 Å². The number of rotatable bonds is 4. The van der Waals surface area contributed by atoms with Gasteiger partial charge in [-0.25, -0.2) is 8.42 Å². The lowest BCUT2D eigenvalue weighted by Crippen LogP contribution is -2.39. The van der Waals surface area contributed by atoms with Gasteiger partial charge in [0.05, 0.1) is 17.7 Å². The summed E-state index contributed by atoms with van der Waals surface area (Å²) in [5.74, 6) is 2.50. The highest BCUT2D eigenvalue weighted by atomic mass is 32.2. The molecule has 1 aromatic rings. The quantitative estimate of drug-likeness (QED) is 0.813. The molecule has 2 aliphatic heterocycles. The van der Waals surface area contributed by atoms with Crippen LogP contribution >= 0.6 is 0 Å². The second kappa shape index (κ2) is 6.59. The molecule has 2 unspecified atom stereocenters. The van der Waals surface area contributed by atoms with Gasteiger partial charge in [0.2, 0.25) is 5.95 Å². The third-order valence-corrected chi connectivity index (χ3v) is 6.51. The van der Waals surface area contributed by atoms with Crippen LogP contribution < -0.4 is 9.80 Å². The van der Waals surface area contributed by atoms with E-state index in [9.17, 15) is 8.42 Å². The molecule has 0 aliphatic carbocycles. The zero-order chi connectivity index (χ0) is 16.4. The number of anilines is 2. The first-order chi connectivity index (χ1) is 11.0. The highest BCUT2D eigenvalue weighted by molar-refractivity contribution is 7.91. The molecule has 2 fully saturated rings. The maximum atomic E-state index is 11.8. The minimum absolute atomic E-state index is 0.0395. The second-order valence-electron chi connectivity index (χ2n) is 6.65. The van der Waals surface area contributed by atoms with Crippen LogP contribution in [0.5, 0.6) is 0 Å². The SMILES string of the molecule is CCN(c1nncc(N2CCCC(C)C2)n1)C1CCS(=O)(=O)C1. The fraction of sp³-hybridized carbons (Fsp3) is 0.800. The highest BCUT2D eigenvalue weighted by Gasteiger charge is 2.33. The Kier molecular flexibility index (Phi) is 4.70. The van der Waals surface area contributed by atoms with E-state index in [4.69, 9.17) is 0 Å². The maximum Gasteiger partial charge on any atom is 0.247 e. The van der Waals surface area contributed by atoms with Crippen molar-refractivity contribution in [3.8, 4) is 0 Å². The van der Waals surface area contributed by atoms with Crippen molar-refractivity contribution in [2.24, 2.45) is 5.92 Å². The fourth-order valence-corrected chi connectivity index (χ4v) is 5.27. The van der Waals surface area contributed by atoms with Crippen LogP contribution in [0.3, 0.4) is 0 Å². The molecule has 0 amide bonds. The predicted octanol–water partition coefficient (Wildman–Crippen LogP) is 1.12. The van der Waals surface area contributed by atoms with Gasteiger partial charge in [-0.2, -0.15) is 10.1 Å². The number of aromatic nitrogens is 3. The normalized spacial score (nSPS) is 27.1. The van der Waals surface area contributed by atoms with E-state index in [0.717, 1.165) is 18.9 Å². The molecule has 23 heavy (non-hydrogen) atoms. The Hall–Kier alpha value is -1.44. The van der Waals surface area contributed by atoms with Crippen LogP contribution in [-0.4, -0.2) is 60.8 Å². The van der Waals surface area contributed by atoms with Crippen LogP contribution in [-0.2, 0) is 9.84 Å². The predicted molar refractivity (Wildman–Crippen MR) is 90.5 cm³/mol. The highest BCUT2D eigenvalue weighted by Crippen LogP contribution is 2.24. The minimum Gasteiger partial charge on any atom is -0.355 e. The topological polar surface area (TPSA) is 79.3 Å². The summed E-state index contributed by atoms with van der Waals surface area (Å²) in [5, 5.41) is 8.28. The lowest BCUT2D eigenvalue weighted by Gasteiger charge is -2.32. The molecule has 0 N–H and O–H groups in total. The van der Waals surface area contributed by atoms with E-state index in [0.29, 0.717) is 24.8 Å². The van der Waals surface area contributed by atoms with Gasteiger partial charge in [0.25, 0.3) is 0 Å². The lowest BCUT2D eigenvalue weighted by molar-refractivity contribution is 0.443. The molecule has 8 heteroatoms. The zero-order valence-electron chi connectivity index (χ0n) is 13.8. The van der Waals surface area contributed by atoms with Crippen molar-refractivity contribution in [1.82, 2.24) is 15.2 Å². The largest absolute Gasteiger partial charge is 0.355 e. The van der Waals surface area contributed by atoms with E-state index in [1.165, 1.54) is 12.8 Å². The Balaban J connectivity index is 1.80. The van der Waals surface area contributed by atoms with Gasteiger partial charge in [0.15, 0.2) is 15.7 Å². The summed E-state index contributed by atoms with van der Waals surface area (Å²) >= 11 is 0. The molecule has 2 atom stereocenters. The Morgan fingerprint density at radius 3 is 2.87 bits per heavy atom. The molecule has 3 rings (SSSR count). The zero-order valence-corrected chi connectivity index (χ0v) is 14.7. The molecular formula is C15H25N5O2S. The molecule has 0 aromatic carbocycles. The Morgan fingerprint density at radius 2 is 2.22 bits per heavy atom. The van der Waals surface area contributed by atoms with Gasteiger partial charge in [-0.1, -0.05) is 6.92 Å². The molecule has 2 aliphatic rings. The van der Waals surface area contributed by atoms with Gasteiger partial charge in [-0.15, -0.1) is 5.10 Å². The number of piperidine rings is 1. The van der Waals surface area contributed by atoms with Crippen LogP contribution in [0, 0.1) is 5.92 Å². The van der Waals surface area contributed by atoms with Crippen LogP contribution in [0.4, 0.5) is 11.8 Å². The summed E-state index contributed by atoms with van der Waals surface area (Å²) in [4.78, 5) is 8.91. The van der Waals surface area contributed by atoms with Crippen molar-refractivity contribution in [3.05, 3.63) is 6.20 Å². The van der Waals surface area contributed by atoms with Gasteiger partial charge in [0.1, 0.15) is 0 Å². The summed E-state index contributed by atoms with van der Waals surface area (Å²) in [6.45, 7) is 6.92. The van der Waals surface area contributed by atoms with Crippen molar-refractivity contribution in [3.63, 3.8) is 0 Å². The molecule has 128 valence electrons. The molecule has 0 radical (unpaired) electrons. The summed E-state index contributed by atoms with van der Waals surface area (Å²) < 4.78 is 23.5. The van der Waals surface area contributed by atoms with Crippen molar-refractivity contribution < 1.29 is 8.42 Å². The first-order valence-electron chi connectivity index (χ1n) is 8.40. The maximum absolute atomic E-state index is 11.8. The molecule has 0 bridgehead atoms. The first-order valence-corrected chi connectivity index (χ1v) is 10.2. The van der Waals surface area contributed by atoms with Gasteiger partial charge in [0, 0.05) is 25.7 Å². The molecule has 3 heterocycles. The van der Waals surface area contributed by atoms with Gasteiger partial charge < -0.3 is 9.80 Å². The molecule has 0 spiro atoms. The molecule has 7 nitrogen and oxygen atoms in total. The van der Waals surface area contributed by atoms with E-state index in [-0.39, 0.29) is 17.5 Å². The van der Waals surface area contributed by atoms with Gasteiger partial charge in [-0.05, 0) is 32.1 Å². The van der Waals surface area contributed by atoms with E-state index in [2.05, 4.69) is 27.0 Å². The second-order valence-corrected chi connectivity index (χ2v) is 8.88. The van der Waals surface area contributed by atoms with Gasteiger partial charge >= 0.3 is 0 Å². The Morgan fingerprint density at radius 1 is 1.39 bits per heavy atom. The van der Waals surface area contributed by atoms with Crippen molar-refractivity contribution in [1.29, 1.82) is 0 Å². The van der Waals surface area contributed by atoms with Crippen molar-refractivity contribution in [2.45, 2.75) is 39.2 Å². The number of nitrogens with zero attached hydrogens (tertiary/aromatic N) is 5. The summed E-state index contributed by atoms with van der Waals surface area (Å²) in [6.07, 6.45) is 4.77. The van der Waals surface area contributed by atoms with Crippen LogP contribution in [0.15, 0.2) is 6.20 Å². The molecule has 1 aromatic heterocycles. The average molecular weight is 339 g/mol. The van der Waals surface area contributed by atoms with Crippen molar-refractivity contribution >= 4 is 21.6 Å². The van der Waals surface area contributed by atoms with Crippen LogP contribution in [0.1, 0.15) is 33.1 Å². The van der Waals surface area contributed by atoms with Gasteiger partial charge in [-0.3, -0.25) is 0 Å². The first kappa shape index (κ1) is 16.4. The van der Waals surface area contributed by atoms with E-state index < -0.39 is 9.84 Å². The number of hydrogen-bond acceptors (Lipinski definition) is 7. The Bertz CT molecular complexity index is 651. The third kappa shape index (κ3) is 3.73. The summed E-state index contributed by atoms with van der Waals surface area (Å²) in [5.41, 5.74) is 0. The van der Waals surface area contributed by atoms with E-state index in [1.807, 2.05) is 11.8 Å². The molecule has 0 saturated carbocycles. The average Bonchev–Trinajstić information content (AvgIpc) is 2.88. The fourth-order valence-electron chi connectivity index (χ4n) is 3.54. The summed E-state index contributed by atoms with van der Waals surface area (Å²) in [6, 6.07) is -0.0395. The monoisotopic (exact) mass is 339 g/mol. The van der Waals surface area contributed by atoms with E-state index in [1.54, 1.807) is 6.20 Å². The van der Waals surface area contributed by atoms with Crippen LogP contribution in [0.25, 0.3) is 0 Å². The van der Waals surface area contributed by atoms with Crippen LogP contribution in [0.2, 0.25) is 0 Å². The summed E-state index contributed by atoms with van der Waals surface area (Å²) in [7, 11) is -2.92. The standard InChI is InChI=1S/C15H25N5O2S/c1-3-20(13-6-8-23(21,22)11-13)15-17-14(9-16-18-15)19-7-4-5-12(2)10-19/h9,12-13H,3-8,10-11H2,1-2H3. The number of hydrogen-bond donors (Lipinski definition) is 0. The lowest BCUT2D eigenvalue weighted by atomic mass is 10.0. The molecule has 2 saturated heterocycles. The number of sulfone groups is 1.